The highest BCUT2D eigenvalue weighted by atomic mass is 16.5. The lowest BCUT2D eigenvalue weighted by Gasteiger charge is -2.12. The summed E-state index contributed by atoms with van der Waals surface area (Å²) in [6, 6.07) is 14.6. The second kappa shape index (κ2) is 7.26. The average Bonchev–Trinajstić information content (AvgIpc) is 2.48. The molecular weight excluding hydrogens is 268 g/mol. The number of carboxylic acid groups (broad SMARTS) is 1. The first kappa shape index (κ1) is 14.8. The van der Waals surface area contributed by atoms with Crippen molar-refractivity contribution < 1.29 is 19.7 Å². The molecule has 0 fully saturated rings. The van der Waals surface area contributed by atoms with Gasteiger partial charge < -0.3 is 14.9 Å². The molecule has 4 nitrogen and oxygen atoms in total. The number of hydrogen-bond donors (Lipinski definition) is 2. The highest BCUT2D eigenvalue weighted by molar-refractivity contribution is 5.85. The van der Waals surface area contributed by atoms with Gasteiger partial charge in [0, 0.05) is 18.2 Å². The highest BCUT2D eigenvalue weighted by Crippen LogP contribution is 2.29. The average molecular weight is 284 g/mol. The molecule has 2 aromatic carbocycles. The van der Waals surface area contributed by atoms with E-state index in [2.05, 4.69) is 0 Å². The van der Waals surface area contributed by atoms with Gasteiger partial charge in [-0.15, -0.1) is 0 Å². The van der Waals surface area contributed by atoms with Crippen LogP contribution < -0.4 is 4.74 Å². The van der Waals surface area contributed by atoms with Crippen LogP contribution in [0.25, 0.3) is 6.08 Å². The lowest BCUT2D eigenvalue weighted by atomic mass is 10.1. The summed E-state index contributed by atoms with van der Waals surface area (Å²) in [6.45, 7) is 0.0426. The van der Waals surface area contributed by atoms with Crippen LogP contribution >= 0.6 is 0 Å². The Morgan fingerprint density at radius 1 is 1.05 bits per heavy atom. The number of ether oxygens (including phenoxy) is 1. The molecule has 0 spiro atoms. The van der Waals surface area contributed by atoms with Gasteiger partial charge in [-0.25, -0.2) is 4.79 Å². The Kier molecular flexibility index (Phi) is 5.12. The molecule has 0 aliphatic heterocycles. The number of carboxylic acids is 1. The van der Waals surface area contributed by atoms with E-state index in [1.54, 1.807) is 12.1 Å². The molecule has 0 amide bonds. The molecule has 21 heavy (non-hydrogen) atoms. The summed E-state index contributed by atoms with van der Waals surface area (Å²) >= 11 is 0. The number of carbonyl (C=O) groups is 1. The first-order valence-corrected chi connectivity index (χ1v) is 6.57. The van der Waals surface area contributed by atoms with Crippen LogP contribution in [-0.2, 0) is 11.2 Å². The van der Waals surface area contributed by atoms with Crippen LogP contribution in [0, 0.1) is 0 Å². The van der Waals surface area contributed by atoms with E-state index >= 15 is 0 Å². The van der Waals surface area contributed by atoms with Gasteiger partial charge in [-0.1, -0.05) is 36.4 Å². The fourth-order valence-corrected chi connectivity index (χ4v) is 1.92. The third-order valence-corrected chi connectivity index (χ3v) is 2.90. The van der Waals surface area contributed by atoms with Crippen molar-refractivity contribution in [3.63, 3.8) is 0 Å². The predicted molar refractivity (Wildman–Crippen MR) is 80.4 cm³/mol. The lowest BCUT2D eigenvalue weighted by molar-refractivity contribution is -0.131. The maximum Gasteiger partial charge on any atom is 0.328 e. The summed E-state index contributed by atoms with van der Waals surface area (Å²) in [6.07, 6.45) is 3.07. The molecule has 0 radical (unpaired) electrons. The second-order valence-corrected chi connectivity index (χ2v) is 4.39. The minimum Gasteiger partial charge on any atom is -0.478 e. The molecule has 0 atom stereocenters. The molecule has 0 unspecified atom stereocenters. The Hall–Kier alpha value is -2.59. The predicted octanol–water partition coefficient (Wildman–Crippen LogP) is 3.11. The molecular formula is C17H16O4. The number of aliphatic hydroxyl groups is 1. The number of benzene rings is 2. The van der Waals surface area contributed by atoms with E-state index in [0.717, 1.165) is 11.6 Å². The Morgan fingerprint density at radius 3 is 2.43 bits per heavy atom. The van der Waals surface area contributed by atoms with Crippen molar-refractivity contribution in [2.45, 2.75) is 6.42 Å². The normalized spacial score (nSPS) is 10.7. The van der Waals surface area contributed by atoms with Gasteiger partial charge in [-0.3, -0.25) is 0 Å². The third-order valence-electron chi connectivity index (χ3n) is 2.90. The van der Waals surface area contributed by atoms with Gasteiger partial charge >= 0.3 is 5.97 Å². The summed E-state index contributed by atoms with van der Waals surface area (Å²) in [7, 11) is 0. The van der Waals surface area contributed by atoms with Crippen molar-refractivity contribution in [3.8, 4) is 11.5 Å². The first-order valence-electron chi connectivity index (χ1n) is 6.57. The van der Waals surface area contributed by atoms with Crippen LogP contribution in [0.2, 0.25) is 0 Å². The van der Waals surface area contributed by atoms with E-state index in [1.807, 2.05) is 36.4 Å². The largest absolute Gasteiger partial charge is 0.478 e. The number of aliphatic carboxylic acids is 1. The topological polar surface area (TPSA) is 66.8 Å². The van der Waals surface area contributed by atoms with Crippen LogP contribution in [0.15, 0.2) is 54.6 Å². The zero-order chi connectivity index (χ0) is 15.1. The van der Waals surface area contributed by atoms with E-state index in [1.165, 1.54) is 6.08 Å². The minimum absolute atomic E-state index is 0.0426. The monoisotopic (exact) mass is 284 g/mol. The number of rotatable bonds is 6. The zero-order valence-corrected chi connectivity index (χ0v) is 11.4. The fourth-order valence-electron chi connectivity index (χ4n) is 1.92. The van der Waals surface area contributed by atoms with Crippen molar-refractivity contribution in [1.29, 1.82) is 0 Å². The zero-order valence-electron chi connectivity index (χ0n) is 11.4. The lowest BCUT2D eigenvalue weighted by Crippen LogP contribution is -1.96. The molecule has 0 heterocycles. The number of aliphatic hydroxyl groups excluding tert-OH is 1. The fraction of sp³-hybridized carbons (Fsp3) is 0.118. The van der Waals surface area contributed by atoms with E-state index in [9.17, 15) is 4.79 Å². The quantitative estimate of drug-likeness (QED) is 0.800. The summed E-state index contributed by atoms with van der Waals surface area (Å²) in [5.41, 5.74) is 1.58. The Labute approximate surface area is 122 Å². The highest BCUT2D eigenvalue weighted by Gasteiger charge is 2.06. The van der Waals surface area contributed by atoms with Gasteiger partial charge in [-0.05, 0) is 30.2 Å². The molecule has 2 aromatic rings. The van der Waals surface area contributed by atoms with Crippen LogP contribution in [0.3, 0.4) is 0 Å². The smallest absolute Gasteiger partial charge is 0.328 e. The molecule has 0 aliphatic carbocycles. The van der Waals surface area contributed by atoms with Gasteiger partial charge in [0.1, 0.15) is 11.5 Å². The van der Waals surface area contributed by atoms with Gasteiger partial charge in [-0.2, -0.15) is 0 Å². The number of para-hydroxylation sites is 2. The van der Waals surface area contributed by atoms with Crippen LogP contribution in [0.4, 0.5) is 0 Å². The Morgan fingerprint density at radius 2 is 1.71 bits per heavy atom. The van der Waals surface area contributed by atoms with Crippen LogP contribution in [0.5, 0.6) is 11.5 Å². The Balaban J connectivity index is 2.30. The minimum atomic E-state index is -1.01. The molecule has 2 N–H and O–H groups in total. The maximum atomic E-state index is 10.6. The van der Waals surface area contributed by atoms with E-state index in [0.29, 0.717) is 23.5 Å². The van der Waals surface area contributed by atoms with Crippen molar-refractivity contribution >= 4 is 12.0 Å². The van der Waals surface area contributed by atoms with E-state index in [-0.39, 0.29) is 6.61 Å². The molecule has 0 aliphatic rings. The molecule has 0 aromatic heterocycles. The summed E-state index contributed by atoms with van der Waals surface area (Å²) in [4.78, 5) is 10.6. The summed E-state index contributed by atoms with van der Waals surface area (Å²) in [5, 5.41) is 17.8. The molecule has 4 heteroatoms. The van der Waals surface area contributed by atoms with Crippen molar-refractivity contribution in [1.82, 2.24) is 0 Å². The summed E-state index contributed by atoms with van der Waals surface area (Å²) in [5.74, 6) is 0.216. The molecule has 108 valence electrons. The molecule has 0 bridgehead atoms. The van der Waals surface area contributed by atoms with E-state index < -0.39 is 5.97 Å². The molecule has 2 rings (SSSR count). The van der Waals surface area contributed by atoms with Crippen molar-refractivity contribution in [3.05, 3.63) is 65.7 Å². The number of hydrogen-bond acceptors (Lipinski definition) is 3. The van der Waals surface area contributed by atoms with Crippen LogP contribution in [0.1, 0.15) is 11.1 Å². The SMILES string of the molecule is O=C(O)/C=C/c1ccccc1Oc1ccccc1CCO. The second-order valence-electron chi connectivity index (χ2n) is 4.39. The maximum absolute atomic E-state index is 10.6. The van der Waals surface area contributed by atoms with Gasteiger partial charge in [0.25, 0.3) is 0 Å². The van der Waals surface area contributed by atoms with Crippen molar-refractivity contribution in [2.75, 3.05) is 6.61 Å². The Bertz CT molecular complexity index is 647. The van der Waals surface area contributed by atoms with Gasteiger partial charge in [0.15, 0.2) is 0 Å². The third kappa shape index (κ3) is 4.19. The van der Waals surface area contributed by atoms with E-state index in [4.69, 9.17) is 14.9 Å². The molecule has 0 saturated heterocycles. The van der Waals surface area contributed by atoms with Gasteiger partial charge in [0.2, 0.25) is 0 Å². The molecule has 0 saturated carbocycles. The van der Waals surface area contributed by atoms with Gasteiger partial charge in [0.05, 0.1) is 0 Å². The standard InChI is InChI=1S/C17H16O4/c18-12-11-14-6-2-4-8-16(14)21-15-7-3-1-5-13(15)9-10-17(19)20/h1-10,18H,11-12H2,(H,19,20)/b10-9+. The van der Waals surface area contributed by atoms with Crippen molar-refractivity contribution in [2.24, 2.45) is 0 Å². The van der Waals surface area contributed by atoms with Crippen LogP contribution in [-0.4, -0.2) is 22.8 Å². The summed E-state index contributed by atoms with van der Waals surface area (Å²) < 4.78 is 5.87. The first-order chi connectivity index (χ1) is 10.2.